The van der Waals surface area contributed by atoms with Crippen LogP contribution in [0.2, 0.25) is 0 Å². The maximum absolute atomic E-state index is 13.1. The number of carbonyl (C=O) groups excluding carboxylic acids is 2. The second-order valence-corrected chi connectivity index (χ2v) is 8.17. The van der Waals surface area contributed by atoms with Crippen LogP contribution in [-0.2, 0) is 4.79 Å². The minimum absolute atomic E-state index is 0.0324. The molecule has 2 heterocycles. The summed E-state index contributed by atoms with van der Waals surface area (Å²) < 4.78 is 0. The van der Waals surface area contributed by atoms with Gasteiger partial charge in [0.05, 0.1) is 4.88 Å². The molecule has 1 aliphatic heterocycles. The van der Waals surface area contributed by atoms with Crippen molar-refractivity contribution in [2.45, 2.75) is 45.3 Å². The Morgan fingerprint density at radius 2 is 1.96 bits per heavy atom. The largest absolute Gasteiger partial charge is 0.352 e. The van der Waals surface area contributed by atoms with E-state index in [-0.39, 0.29) is 23.9 Å². The van der Waals surface area contributed by atoms with Crippen LogP contribution >= 0.6 is 11.3 Å². The third-order valence-corrected chi connectivity index (χ3v) is 5.77. The fraction of sp³-hybridized carbons (Fsp3) is 0.400. The summed E-state index contributed by atoms with van der Waals surface area (Å²) in [6, 6.07) is 11.3. The highest BCUT2D eigenvalue weighted by Gasteiger charge is 2.39. The minimum Gasteiger partial charge on any atom is -0.352 e. The molecule has 0 radical (unpaired) electrons. The molecule has 0 saturated carbocycles. The van der Waals surface area contributed by atoms with Crippen molar-refractivity contribution < 1.29 is 9.59 Å². The zero-order valence-corrected chi connectivity index (χ0v) is 16.2. The summed E-state index contributed by atoms with van der Waals surface area (Å²) in [5.41, 5.74) is 8.22. The maximum atomic E-state index is 13.1. The third kappa shape index (κ3) is 3.81. The van der Waals surface area contributed by atoms with Crippen molar-refractivity contribution in [2.24, 2.45) is 5.73 Å². The number of amides is 2. The lowest BCUT2D eigenvalue weighted by atomic mass is 10.1. The van der Waals surface area contributed by atoms with Crippen molar-refractivity contribution in [3.8, 4) is 10.4 Å². The first-order valence-corrected chi connectivity index (χ1v) is 9.71. The van der Waals surface area contributed by atoms with E-state index in [1.807, 2.05) is 57.2 Å². The molecule has 138 valence electrons. The molecule has 0 bridgehead atoms. The van der Waals surface area contributed by atoms with Gasteiger partial charge < -0.3 is 16.0 Å². The molecular formula is C20H25N3O2S. The maximum Gasteiger partial charge on any atom is 0.264 e. The molecule has 3 N–H and O–H groups in total. The second kappa shape index (κ2) is 7.60. The number of carbonyl (C=O) groups is 2. The highest BCUT2D eigenvalue weighted by Crippen LogP contribution is 2.34. The number of hydrogen-bond donors (Lipinski definition) is 2. The smallest absolute Gasteiger partial charge is 0.264 e. The van der Waals surface area contributed by atoms with Crippen LogP contribution in [-0.4, -0.2) is 41.4 Å². The van der Waals surface area contributed by atoms with Crippen LogP contribution < -0.4 is 11.1 Å². The van der Waals surface area contributed by atoms with Crippen LogP contribution in [0.5, 0.6) is 0 Å². The average Bonchev–Trinajstić information content (AvgIpc) is 3.17. The molecule has 6 heteroatoms. The topological polar surface area (TPSA) is 75.4 Å². The van der Waals surface area contributed by atoms with E-state index in [0.29, 0.717) is 17.8 Å². The van der Waals surface area contributed by atoms with Crippen LogP contribution in [0.4, 0.5) is 0 Å². The lowest BCUT2D eigenvalue weighted by molar-refractivity contribution is -0.125. The van der Waals surface area contributed by atoms with E-state index in [0.717, 1.165) is 16.0 Å². The van der Waals surface area contributed by atoms with Crippen molar-refractivity contribution in [1.82, 2.24) is 10.2 Å². The summed E-state index contributed by atoms with van der Waals surface area (Å²) in [6.45, 7) is 6.24. The number of rotatable bonds is 4. The second-order valence-electron chi connectivity index (χ2n) is 7.12. The summed E-state index contributed by atoms with van der Waals surface area (Å²) in [5.74, 6) is -0.241. The summed E-state index contributed by atoms with van der Waals surface area (Å²) in [4.78, 5) is 28.9. The molecule has 2 aromatic rings. The van der Waals surface area contributed by atoms with Crippen LogP contribution in [0.25, 0.3) is 10.4 Å². The van der Waals surface area contributed by atoms with Crippen molar-refractivity contribution >= 4 is 23.2 Å². The molecule has 3 rings (SSSR count). The van der Waals surface area contributed by atoms with E-state index in [2.05, 4.69) is 5.32 Å². The lowest BCUT2D eigenvalue weighted by Gasteiger charge is -2.24. The van der Waals surface area contributed by atoms with Crippen molar-refractivity contribution in [2.75, 3.05) is 6.54 Å². The normalized spacial score (nSPS) is 19.8. The molecule has 1 aliphatic rings. The van der Waals surface area contributed by atoms with Crippen LogP contribution in [0.15, 0.2) is 36.4 Å². The van der Waals surface area contributed by atoms with E-state index in [1.54, 1.807) is 4.90 Å². The van der Waals surface area contributed by atoms with E-state index < -0.39 is 6.04 Å². The zero-order valence-electron chi connectivity index (χ0n) is 15.4. The molecule has 0 aliphatic carbocycles. The zero-order chi connectivity index (χ0) is 18.8. The third-order valence-electron chi connectivity index (χ3n) is 4.49. The number of nitrogens with zero attached hydrogens (tertiary/aromatic N) is 1. The number of aryl methyl sites for hydroxylation is 1. The number of nitrogens with one attached hydrogen (secondary N) is 1. The molecule has 2 atom stereocenters. The van der Waals surface area contributed by atoms with Gasteiger partial charge in [-0.2, -0.15) is 0 Å². The van der Waals surface area contributed by atoms with Gasteiger partial charge in [0.2, 0.25) is 5.91 Å². The quantitative estimate of drug-likeness (QED) is 0.868. The first kappa shape index (κ1) is 18.6. The Balaban J connectivity index is 1.85. The van der Waals surface area contributed by atoms with Crippen LogP contribution in [0.3, 0.4) is 0 Å². The van der Waals surface area contributed by atoms with Gasteiger partial charge >= 0.3 is 0 Å². The molecule has 1 aromatic heterocycles. The minimum atomic E-state index is -0.498. The fourth-order valence-electron chi connectivity index (χ4n) is 3.33. The van der Waals surface area contributed by atoms with E-state index in [9.17, 15) is 9.59 Å². The van der Waals surface area contributed by atoms with Gasteiger partial charge in [0.15, 0.2) is 0 Å². The number of thiophene rings is 1. The molecule has 5 nitrogen and oxygen atoms in total. The Labute approximate surface area is 158 Å². The van der Waals surface area contributed by atoms with E-state index in [4.69, 9.17) is 5.73 Å². The summed E-state index contributed by atoms with van der Waals surface area (Å²) in [6.07, 6.45) is 0.500. The van der Waals surface area contributed by atoms with Crippen LogP contribution in [0, 0.1) is 6.92 Å². The Kier molecular flexibility index (Phi) is 5.44. The van der Waals surface area contributed by atoms with Gasteiger partial charge in [0.25, 0.3) is 5.91 Å². The van der Waals surface area contributed by atoms with Crippen molar-refractivity contribution in [3.63, 3.8) is 0 Å². The van der Waals surface area contributed by atoms with Crippen molar-refractivity contribution in [3.05, 3.63) is 46.8 Å². The van der Waals surface area contributed by atoms with Gasteiger partial charge in [-0.1, -0.05) is 30.3 Å². The Bertz CT molecular complexity index is 801. The van der Waals surface area contributed by atoms with E-state index in [1.165, 1.54) is 11.3 Å². The predicted octanol–water partition coefficient (Wildman–Crippen LogP) is 2.79. The Morgan fingerprint density at radius 3 is 2.62 bits per heavy atom. The van der Waals surface area contributed by atoms with Crippen LogP contribution in [0.1, 0.15) is 35.5 Å². The molecule has 1 aromatic carbocycles. The molecular weight excluding hydrogens is 346 g/mol. The highest BCUT2D eigenvalue weighted by atomic mass is 32.1. The summed E-state index contributed by atoms with van der Waals surface area (Å²) in [5, 5.41) is 2.90. The number of hydrogen-bond acceptors (Lipinski definition) is 4. The number of nitrogens with two attached hydrogens (primary N) is 1. The predicted molar refractivity (Wildman–Crippen MR) is 105 cm³/mol. The molecule has 0 spiro atoms. The number of likely N-dealkylation sites (tertiary alicyclic amines) is 1. The Hall–Kier alpha value is -2.18. The fourth-order valence-corrected chi connectivity index (χ4v) is 4.46. The van der Waals surface area contributed by atoms with Gasteiger partial charge in [0.1, 0.15) is 6.04 Å². The molecule has 0 unspecified atom stereocenters. The van der Waals surface area contributed by atoms with E-state index >= 15 is 0 Å². The molecule has 2 amide bonds. The van der Waals surface area contributed by atoms with Gasteiger partial charge in [-0.15, -0.1) is 11.3 Å². The van der Waals surface area contributed by atoms with Gasteiger partial charge in [-0.3, -0.25) is 9.59 Å². The molecule has 26 heavy (non-hydrogen) atoms. The first-order chi connectivity index (χ1) is 12.4. The summed E-state index contributed by atoms with van der Waals surface area (Å²) in [7, 11) is 0. The van der Waals surface area contributed by atoms with Gasteiger partial charge in [-0.05, 0) is 44.4 Å². The lowest BCUT2D eigenvalue weighted by Crippen LogP contribution is -2.47. The highest BCUT2D eigenvalue weighted by molar-refractivity contribution is 7.17. The monoisotopic (exact) mass is 371 g/mol. The van der Waals surface area contributed by atoms with Crippen molar-refractivity contribution in [1.29, 1.82) is 0 Å². The van der Waals surface area contributed by atoms with Gasteiger partial charge in [-0.25, -0.2) is 0 Å². The molecule has 1 saturated heterocycles. The van der Waals surface area contributed by atoms with Gasteiger partial charge in [0, 0.05) is 23.5 Å². The first-order valence-electron chi connectivity index (χ1n) is 8.89. The summed E-state index contributed by atoms with van der Waals surface area (Å²) >= 11 is 1.47. The number of benzene rings is 1. The molecule has 1 fully saturated rings. The SMILES string of the molecule is Cc1cc(C(=O)N2C[C@H](N)C[C@H]2C(=O)NC(C)C)sc1-c1ccccc1. The average molecular weight is 372 g/mol. The standard InChI is InChI=1S/C20H25N3O2S/c1-12(2)22-19(24)16-10-15(21)11-23(16)20(25)17-9-13(3)18(26-17)14-7-5-4-6-8-14/h4-9,12,15-16H,10-11,21H2,1-3H3,(H,22,24)/t15-,16+/m1/s1. The Morgan fingerprint density at radius 1 is 1.27 bits per heavy atom.